The third kappa shape index (κ3) is 2.93. The minimum Gasteiger partial charge on any atom is -0.322 e. The fraction of sp³-hybridized carbons (Fsp3) is 0. The Kier molecular flexibility index (Phi) is 3.66. The van der Waals surface area contributed by atoms with Gasteiger partial charge in [0.15, 0.2) is 0 Å². The first-order chi connectivity index (χ1) is 10.2. The zero-order chi connectivity index (χ0) is 14.7. The van der Waals surface area contributed by atoms with Crippen LogP contribution in [0.1, 0.15) is 10.4 Å². The van der Waals surface area contributed by atoms with Crippen molar-refractivity contribution < 1.29 is 4.79 Å². The largest absolute Gasteiger partial charge is 0.322 e. The van der Waals surface area contributed by atoms with Crippen LogP contribution in [0, 0.1) is 0 Å². The van der Waals surface area contributed by atoms with Gasteiger partial charge in [-0.15, -0.1) is 0 Å². The minimum absolute atomic E-state index is 0.300. The SMILES string of the molecule is O=C(Nc1cccc(-n2cccn2)c1)c1cnccc1Cl. The fourth-order valence-corrected chi connectivity index (χ4v) is 2.08. The molecule has 0 aliphatic carbocycles. The molecule has 0 atom stereocenters. The first kappa shape index (κ1) is 13.3. The molecule has 21 heavy (non-hydrogen) atoms. The zero-order valence-corrected chi connectivity index (χ0v) is 11.7. The van der Waals surface area contributed by atoms with Crippen molar-refractivity contribution in [2.75, 3.05) is 5.32 Å². The van der Waals surface area contributed by atoms with Crippen molar-refractivity contribution in [1.29, 1.82) is 0 Å². The first-order valence-electron chi connectivity index (χ1n) is 6.25. The normalized spacial score (nSPS) is 10.3. The molecule has 0 spiro atoms. The monoisotopic (exact) mass is 298 g/mol. The smallest absolute Gasteiger partial charge is 0.258 e. The Morgan fingerprint density at radius 1 is 1.19 bits per heavy atom. The summed E-state index contributed by atoms with van der Waals surface area (Å²) in [5, 5.41) is 7.32. The highest BCUT2D eigenvalue weighted by atomic mass is 35.5. The van der Waals surface area contributed by atoms with E-state index in [9.17, 15) is 4.79 Å². The van der Waals surface area contributed by atoms with Crippen LogP contribution in [0.15, 0.2) is 61.2 Å². The topological polar surface area (TPSA) is 59.8 Å². The van der Waals surface area contributed by atoms with E-state index in [-0.39, 0.29) is 5.91 Å². The molecule has 0 unspecified atom stereocenters. The van der Waals surface area contributed by atoms with Crippen LogP contribution in [0.3, 0.4) is 0 Å². The minimum atomic E-state index is -0.300. The molecule has 6 heteroatoms. The number of rotatable bonds is 3. The van der Waals surface area contributed by atoms with Gasteiger partial charge in [-0.2, -0.15) is 5.10 Å². The highest BCUT2D eigenvalue weighted by Gasteiger charge is 2.10. The van der Waals surface area contributed by atoms with E-state index in [0.717, 1.165) is 5.69 Å². The number of hydrogen-bond acceptors (Lipinski definition) is 3. The number of anilines is 1. The Hall–Kier alpha value is -2.66. The predicted molar refractivity (Wildman–Crippen MR) is 80.8 cm³/mol. The average molecular weight is 299 g/mol. The molecular formula is C15H11ClN4O. The van der Waals surface area contributed by atoms with Gasteiger partial charge in [0.2, 0.25) is 0 Å². The van der Waals surface area contributed by atoms with Gasteiger partial charge in [0, 0.05) is 30.5 Å². The molecule has 0 aliphatic rings. The van der Waals surface area contributed by atoms with Gasteiger partial charge in [-0.1, -0.05) is 17.7 Å². The molecule has 1 N–H and O–H groups in total. The molecule has 0 saturated heterocycles. The van der Waals surface area contributed by atoms with E-state index in [1.54, 1.807) is 23.0 Å². The number of amides is 1. The van der Waals surface area contributed by atoms with E-state index >= 15 is 0 Å². The maximum atomic E-state index is 12.2. The van der Waals surface area contributed by atoms with Crippen molar-refractivity contribution >= 4 is 23.2 Å². The molecule has 0 bridgehead atoms. The summed E-state index contributed by atoms with van der Waals surface area (Å²) in [6, 6.07) is 10.8. The van der Waals surface area contributed by atoms with Crippen molar-refractivity contribution in [2.24, 2.45) is 0 Å². The molecule has 0 fully saturated rings. The maximum Gasteiger partial charge on any atom is 0.258 e. The fourth-order valence-electron chi connectivity index (χ4n) is 1.89. The standard InChI is InChI=1S/C15H11ClN4O/c16-14-5-7-17-10-13(14)15(21)19-11-3-1-4-12(9-11)20-8-2-6-18-20/h1-10H,(H,19,21). The lowest BCUT2D eigenvalue weighted by molar-refractivity contribution is 0.102. The molecular weight excluding hydrogens is 288 g/mol. The second-order valence-corrected chi connectivity index (χ2v) is 4.72. The lowest BCUT2D eigenvalue weighted by atomic mass is 10.2. The van der Waals surface area contributed by atoms with Gasteiger partial charge in [-0.25, -0.2) is 4.68 Å². The third-order valence-electron chi connectivity index (χ3n) is 2.89. The number of carbonyl (C=O) groups excluding carboxylic acids is 1. The average Bonchev–Trinajstić information content (AvgIpc) is 3.02. The Bertz CT molecular complexity index is 771. The van der Waals surface area contributed by atoms with Gasteiger partial charge in [0.05, 0.1) is 16.3 Å². The predicted octanol–water partition coefficient (Wildman–Crippen LogP) is 3.17. The van der Waals surface area contributed by atoms with E-state index in [1.165, 1.54) is 12.4 Å². The molecule has 2 aromatic heterocycles. The lowest BCUT2D eigenvalue weighted by Crippen LogP contribution is -2.13. The van der Waals surface area contributed by atoms with Crippen molar-refractivity contribution in [3.8, 4) is 5.69 Å². The van der Waals surface area contributed by atoms with E-state index in [4.69, 9.17) is 11.6 Å². The number of hydrogen-bond donors (Lipinski definition) is 1. The van der Waals surface area contributed by atoms with Gasteiger partial charge in [0.25, 0.3) is 5.91 Å². The van der Waals surface area contributed by atoms with Crippen LogP contribution >= 0.6 is 11.6 Å². The van der Waals surface area contributed by atoms with Crippen molar-refractivity contribution in [1.82, 2.24) is 14.8 Å². The van der Waals surface area contributed by atoms with Crippen LogP contribution < -0.4 is 5.32 Å². The molecule has 5 nitrogen and oxygen atoms in total. The number of nitrogens with zero attached hydrogens (tertiary/aromatic N) is 3. The highest BCUT2D eigenvalue weighted by molar-refractivity contribution is 6.34. The van der Waals surface area contributed by atoms with Gasteiger partial charge in [-0.05, 0) is 30.3 Å². The van der Waals surface area contributed by atoms with Crippen LogP contribution in [0.25, 0.3) is 5.69 Å². The van der Waals surface area contributed by atoms with E-state index in [1.807, 2.05) is 30.5 Å². The van der Waals surface area contributed by atoms with E-state index in [2.05, 4.69) is 15.4 Å². The first-order valence-corrected chi connectivity index (χ1v) is 6.63. The molecule has 2 heterocycles. The molecule has 1 amide bonds. The summed E-state index contributed by atoms with van der Waals surface area (Å²) in [7, 11) is 0. The Morgan fingerprint density at radius 2 is 2.10 bits per heavy atom. The Balaban J connectivity index is 1.84. The summed E-state index contributed by atoms with van der Waals surface area (Å²) >= 11 is 5.98. The van der Waals surface area contributed by atoms with Crippen molar-refractivity contribution in [3.05, 3.63) is 71.8 Å². The number of halogens is 1. The number of nitrogens with one attached hydrogen (secondary N) is 1. The Morgan fingerprint density at radius 3 is 2.86 bits per heavy atom. The van der Waals surface area contributed by atoms with Crippen molar-refractivity contribution in [2.45, 2.75) is 0 Å². The van der Waals surface area contributed by atoms with Crippen LogP contribution in [0.4, 0.5) is 5.69 Å². The van der Waals surface area contributed by atoms with Crippen LogP contribution in [-0.4, -0.2) is 20.7 Å². The summed E-state index contributed by atoms with van der Waals surface area (Å²) in [5.74, 6) is -0.300. The molecule has 104 valence electrons. The van der Waals surface area contributed by atoms with E-state index in [0.29, 0.717) is 16.3 Å². The maximum absolute atomic E-state index is 12.2. The number of carbonyl (C=O) groups is 1. The highest BCUT2D eigenvalue weighted by Crippen LogP contribution is 2.18. The third-order valence-corrected chi connectivity index (χ3v) is 3.22. The van der Waals surface area contributed by atoms with E-state index < -0.39 is 0 Å². The summed E-state index contributed by atoms with van der Waals surface area (Å²) in [4.78, 5) is 16.1. The summed E-state index contributed by atoms with van der Waals surface area (Å²) in [6.45, 7) is 0. The second-order valence-electron chi connectivity index (χ2n) is 4.31. The van der Waals surface area contributed by atoms with Crippen LogP contribution in [0.5, 0.6) is 0 Å². The Labute approximate surface area is 126 Å². The summed E-state index contributed by atoms with van der Waals surface area (Å²) in [5.41, 5.74) is 1.85. The molecule has 3 aromatic rings. The number of aromatic nitrogens is 3. The molecule has 0 saturated carbocycles. The lowest BCUT2D eigenvalue weighted by Gasteiger charge is -2.08. The molecule has 0 radical (unpaired) electrons. The molecule has 1 aromatic carbocycles. The van der Waals surface area contributed by atoms with Gasteiger partial charge >= 0.3 is 0 Å². The number of benzene rings is 1. The van der Waals surface area contributed by atoms with Gasteiger partial charge in [0.1, 0.15) is 0 Å². The second kappa shape index (κ2) is 5.76. The van der Waals surface area contributed by atoms with Crippen LogP contribution in [0.2, 0.25) is 5.02 Å². The zero-order valence-electron chi connectivity index (χ0n) is 10.9. The summed E-state index contributed by atoms with van der Waals surface area (Å²) in [6.07, 6.45) is 6.51. The molecule has 3 rings (SSSR count). The summed E-state index contributed by atoms with van der Waals surface area (Å²) < 4.78 is 1.71. The quantitative estimate of drug-likeness (QED) is 0.808. The van der Waals surface area contributed by atoms with Crippen molar-refractivity contribution in [3.63, 3.8) is 0 Å². The number of pyridine rings is 1. The van der Waals surface area contributed by atoms with Gasteiger partial charge in [-0.3, -0.25) is 9.78 Å². The molecule has 0 aliphatic heterocycles. The van der Waals surface area contributed by atoms with Crippen LogP contribution in [-0.2, 0) is 0 Å². The van der Waals surface area contributed by atoms with Gasteiger partial charge < -0.3 is 5.32 Å².